The van der Waals surface area contributed by atoms with Crippen molar-refractivity contribution in [3.05, 3.63) is 38.7 Å². The lowest BCUT2D eigenvalue weighted by Crippen LogP contribution is -2.03. The fraction of sp³-hybridized carbons (Fsp3) is 0.125. The van der Waals surface area contributed by atoms with Crippen LogP contribution >= 0.6 is 15.9 Å². The van der Waals surface area contributed by atoms with Crippen LogP contribution in [-0.2, 0) is 6.54 Å². The largest absolute Gasteiger partial charge is 0.492 e. The number of pyridine rings is 1. The van der Waals surface area contributed by atoms with Crippen LogP contribution in [0.15, 0.2) is 23.1 Å². The van der Waals surface area contributed by atoms with Crippen molar-refractivity contribution < 1.29 is 4.92 Å². The number of nitrogens with two attached hydrogens (primary N) is 1. The number of anilines is 1. The molecule has 9 heteroatoms. The Bertz CT molecular complexity index is 569. The molecule has 2 aromatic rings. The summed E-state index contributed by atoms with van der Waals surface area (Å²) in [5, 5.41) is 14.2. The number of rotatable bonds is 3. The lowest BCUT2D eigenvalue weighted by Gasteiger charge is -1.99. The van der Waals surface area contributed by atoms with Gasteiger partial charge < -0.3 is 15.8 Å². The standard InChI is InChI=1S/C8H7BrN6O2/c9-7-12-8(15(16)17)13-14(7)4-5-1-2-11-6(10)3-5/h1-3H,4H2,(H2,10,11). The molecule has 0 atom stereocenters. The minimum atomic E-state index is -0.651. The Morgan fingerprint density at radius 1 is 1.59 bits per heavy atom. The summed E-state index contributed by atoms with van der Waals surface area (Å²) in [5.74, 6) is -0.0628. The van der Waals surface area contributed by atoms with E-state index in [0.717, 1.165) is 5.56 Å². The van der Waals surface area contributed by atoms with E-state index in [4.69, 9.17) is 5.73 Å². The highest BCUT2D eigenvalue weighted by Gasteiger charge is 2.19. The van der Waals surface area contributed by atoms with Crippen molar-refractivity contribution in [2.24, 2.45) is 0 Å². The van der Waals surface area contributed by atoms with Gasteiger partial charge >= 0.3 is 5.95 Å². The molecule has 0 spiro atoms. The summed E-state index contributed by atoms with van der Waals surface area (Å²) in [6.45, 7) is 0.328. The number of aromatic nitrogens is 4. The molecular formula is C8H7BrN6O2. The monoisotopic (exact) mass is 298 g/mol. The van der Waals surface area contributed by atoms with Crippen LogP contribution < -0.4 is 5.73 Å². The number of hydrogen-bond donors (Lipinski definition) is 1. The Hall–Kier alpha value is -2.03. The topological polar surface area (TPSA) is 113 Å². The molecule has 88 valence electrons. The number of halogens is 1. The van der Waals surface area contributed by atoms with E-state index < -0.39 is 10.9 Å². The van der Waals surface area contributed by atoms with Gasteiger partial charge in [-0.2, -0.15) is 4.68 Å². The third-order valence-electron chi connectivity index (χ3n) is 1.96. The van der Waals surface area contributed by atoms with Gasteiger partial charge in [0, 0.05) is 27.2 Å². The van der Waals surface area contributed by atoms with Crippen molar-refractivity contribution in [2.45, 2.75) is 6.54 Å². The zero-order valence-corrected chi connectivity index (χ0v) is 10.0. The maximum absolute atomic E-state index is 10.5. The van der Waals surface area contributed by atoms with E-state index in [0.29, 0.717) is 17.1 Å². The first kappa shape index (κ1) is 11.5. The molecular weight excluding hydrogens is 292 g/mol. The van der Waals surface area contributed by atoms with Crippen molar-refractivity contribution in [2.75, 3.05) is 5.73 Å². The molecule has 0 saturated carbocycles. The minimum Gasteiger partial charge on any atom is -0.390 e. The molecule has 0 unspecified atom stereocenters. The fourth-order valence-electron chi connectivity index (χ4n) is 1.26. The third-order valence-corrected chi connectivity index (χ3v) is 2.54. The second-order valence-corrected chi connectivity index (χ2v) is 3.89. The van der Waals surface area contributed by atoms with Crippen molar-refractivity contribution in [1.29, 1.82) is 0 Å². The van der Waals surface area contributed by atoms with Crippen LogP contribution in [0.3, 0.4) is 0 Å². The van der Waals surface area contributed by atoms with Crippen molar-refractivity contribution in [3.63, 3.8) is 0 Å². The maximum Gasteiger partial charge on any atom is 0.492 e. The molecule has 0 saturated heterocycles. The molecule has 8 nitrogen and oxygen atoms in total. The third kappa shape index (κ3) is 2.56. The van der Waals surface area contributed by atoms with Crippen molar-refractivity contribution in [1.82, 2.24) is 19.7 Å². The molecule has 0 aliphatic heterocycles. The van der Waals surface area contributed by atoms with E-state index in [-0.39, 0.29) is 0 Å². The van der Waals surface area contributed by atoms with E-state index in [1.807, 2.05) is 0 Å². The molecule has 0 aromatic carbocycles. The van der Waals surface area contributed by atoms with Gasteiger partial charge in [-0.1, -0.05) is 0 Å². The normalized spacial score (nSPS) is 10.4. The smallest absolute Gasteiger partial charge is 0.390 e. The van der Waals surface area contributed by atoms with Crippen molar-refractivity contribution in [3.8, 4) is 0 Å². The fourth-order valence-corrected chi connectivity index (χ4v) is 1.62. The summed E-state index contributed by atoms with van der Waals surface area (Å²) < 4.78 is 1.66. The highest BCUT2D eigenvalue weighted by Crippen LogP contribution is 2.14. The first-order valence-corrected chi connectivity index (χ1v) is 5.30. The van der Waals surface area contributed by atoms with Crippen LogP contribution in [0.1, 0.15) is 5.56 Å². The summed E-state index contributed by atoms with van der Waals surface area (Å²) >= 11 is 3.10. The Morgan fingerprint density at radius 3 is 2.94 bits per heavy atom. The maximum atomic E-state index is 10.5. The highest BCUT2D eigenvalue weighted by molar-refractivity contribution is 9.10. The average molecular weight is 299 g/mol. The van der Waals surface area contributed by atoms with Crippen LogP contribution in [-0.4, -0.2) is 24.7 Å². The van der Waals surface area contributed by atoms with Gasteiger partial charge in [0.05, 0.1) is 6.54 Å². The number of nitrogen functional groups attached to an aromatic ring is 1. The lowest BCUT2D eigenvalue weighted by molar-refractivity contribution is -0.394. The first-order valence-electron chi connectivity index (χ1n) is 4.51. The highest BCUT2D eigenvalue weighted by atomic mass is 79.9. The second kappa shape index (κ2) is 4.45. The van der Waals surface area contributed by atoms with Gasteiger partial charge in [-0.25, -0.2) is 4.98 Å². The zero-order valence-electron chi connectivity index (χ0n) is 8.45. The predicted molar refractivity (Wildman–Crippen MR) is 62.1 cm³/mol. The summed E-state index contributed by atoms with van der Waals surface area (Å²) in [6, 6.07) is 3.41. The predicted octanol–water partition coefficient (Wildman–Crippen LogP) is 0.974. The van der Waals surface area contributed by atoms with Crippen LogP contribution in [0.2, 0.25) is 0 Å². The number of nitro groups is 1. The Balaban J connectivity index is 2.27. The van der Waals surface area contributed by atoms with E-state index in [9.17, 15) is 10.1 Å². The molecule has 2 heterocycles. The molecule has 0 aliphatic carbocycles. The molecule has 2 N–H and O–H groups in total. The summed E-state index contributed by atoms with van der Waals surface area (Å²) in [7, 11) is 0. The molecule has 0 radical (unpaired) electrons. The Kier molecular flexibility index (Phi) is 3.00. The quantitative estimate of drug-likeness (QED) is 0.667. The Morgan fingerprint density at radius 2 is 2.35 bits per heavy atom. The molecule has 0 aliphatic rings. The second-order valence-electron chi connectivity index (χ2n) is 3.18. The van der Waals surface area contributed by atoms with E-state index in [1.165, 1.54) is 4.68 Å². The summed E-state index contributed by atoms with van der Waals surface area (Å²) in [4.78, 5) is 17.3. The molecule has 0 amide bonds. The summed E-state index contributed by atoms with van der Waals surface area (Å²) in [5.41, 5.74) is 6.36. The first-order chi connectivity index (χ1) is 8.06. The number of nitrogens with zero attached hydrogens (tertiary/aromatic N) is 5. The van der Waals surface area contributed by atoms with Gasteiger partial charge in [0.15, 0.2) is 0 Å². The van der Waals surface area contributed by atoms with Gasteiger partial charge in [0.1, 0.15) is 5.82 Å². The number of hydrogen-bond acceptors (Lipinski definition) is 6. The average Bonchev–Trinajstić information content (AvgIpc) is 2.61. The molecule has 0 fully saturated rings. The van der Waals surface area contributed by atoms with Crippen LogP contribution in [0.25, 0.3) is 0 Å². The van der Waals surface area contributed by atoms with E-state index in [2.05, 4.69) is 31.0 Å². The van der Waals surface area contributed by atoms with E-state index in [1.54, 1.807) is 18.3 Å². The van der Waals surface area contributed by atoms with Gasteiger partial charge in [-0.05, 0) is 27.6 Å². The SMILES string of the molecule is Nc1cc(Cn2nc([N+](=O)[O-])nc2Br)ccn1. The molecule has 0 bridgehead atoms. The van der Waals surface area contributed by atoms with Crippen LogP contribution in [0.4, 0.5) is 11.8 Å². The van der Waals surface area contributed by atoms with Crippen LogP contribution in [0.5, 0.6) is 0 Å². The van der Waals surface area contributed by atoms with Crippen molar-refractivity contribution >= 4 is 27.7 Å². The lowest BCUT2D eigenvalue weighted by atomic mass is 10.2. The molecule has 17 heavy (non-hydrogen) atoms. The van der Waals surface area contributed by atoms with Gasteiger partial charge in [0.25, 0.3) is 4.73 Å². The minimum absolute atomic E-state index is 0.291. The van der Waals surface area contributed by atoms with E-state index >= 15 is 0 Å². The molecule has 2 aromatic heterocycles. The summed E-state index contributed by atoms with van der Waals surface area (Å²) in [6.07, 6.45) is 1.56. The van der Waals surface area contributed by atoms with Crippen LogP contribution in [0, 0.1) is 10.1 Å². The Labute approximate surface area is 104 Å². The molecule has 2 rings (SSSR count). The zero-order chi connectivity index (χ0) is 12.4. The van der Waals surface area contributed by atoms with Gasteiger partial charge in [-0.15, -0.1) is 0 Å². The van der Waals surface area contributed by atoms with Gasteiger partial charge in [0.2, 0.25) is 0 Å². The van der Waals surface area contributed by atoms with Gasteiger partial charge in [-0.3, -0.25) is 0 Å².